The first kappa shape index (κ1) is 9.36. The van der Waals surface area contributed by atoms with Crippen molar-refractivity contribution in [3.63, 3.8) is 0 Å². The second-order valence-electron chi connectivity index (χ2n) is 4.76. The first-order chi connectivity index (χ1) is 8.34. The number of fused-ring (bicyclic) bond motifs is 5. The lowest BCUT2D eigenvalue weighted by Gasteiger charge is -2.27. The van der Waals surface area contributed by atoms with Gasteiger partial charge in [0.1, 0.15) is 6.04 Å². The van der Waals surface area contributed by atoms with Crippen LogP contribution in [0.2, 0.25) is 0 Å². The SMILES string of the molecule is Cc1nnn2c1CO[C@@H]1Cc3ccccc3[C@H]12. The molecular formula is C13H13N3O. The van der Waals surface area contributed by atoms with E-state index in [1.165, 1.54) is 11.1 Å². The number of ether oxygens (including phenoxy) is 1. The molecule has 0 unspecified atom stereocenters. The van der Waals surface area contributed by atoms with Crippen molar-refractivity contribution in [2.24, 2.45) is 0 Å². The summed E-state index contributed by atoms with van der Waals surface area (Å²) >= 11 is 0. The molecule has 86 valence electrons. The van der Waals surface area contributed by atoms with Gasteiger partial charge in [0.25, 0.3) is 0 Å². The van der Waals surface area contributed by atoms with Gasteiger partial charge in [0.2, 0.25) is 0 Å². The second kappa shape index (κ2) is 3.17. The highest BCUT2D eigenvalue weighted by Crippen LogP contribution is 2.39. The molecule has 0 radical (unpaired) electrons. The summed E-state index contributed by atoms with van der Waals surface area (Å²) in [5.41, 5.74) is 4.81. The lowest BCUT2D eigenvalue weighted by Crippen LogP contribution is -2.31. The number of aromatic nitrogens is 3. The molecule has 4 rings (SSSR count). The van der Waals surface area contributed by atoms with E-state index in [2.05, 4.69) is 39.3 Å². The summed E-state index contributed by atoms with van der Waals surface area (Å²) in [6.07, 6.45) is 1.21. The van der Waals surface area contributed by atoms with E-state index in [1.807, 2.05) is 6.92 Å². The Balaban J connectivity index is 1.92. The van der Waals surface area contributed by atoms with Crippen molar-refractivity contribution >= 4 is 0 Å². The van der Waals surface area contributed by atoms with Crippen LogP contribution < -0.4 is 0 Å². The Hall–Kier alpha value is -1.68. The molecule has 0 bridgehead atoms. The Bertz CT molecular complexity index is 590. The summed E-state index contributed by atoms with van der Waals surface area (Å²) in [6.45, 7) is 2.62. The van der Waals surface area contributed by atoms with Crippen LogP contribution in [0.3, 0.4) is 0 Å². The molecule has 1 aromatic carbocycles. The van der Waals surface area contributed by atoms with Crippen LogP contribution in [0.15, 0.2) is 24.3 Å². The molecule has 2 heterocycles. The highest BCUT2D eigenvalue weighted by atomic mass is 16.5. The molecule has 17 heavy (non-hydrogen) atoms. The Kier molecular flexibility index (Phi) is 1.74. The molecule has 0 saturated carbocycles. The van der Waals surface area contributed by atoms with Crippen LogP contribution >= 0.6 is 0 Å². The minimum atomic E-state index is 0.219. The fraction of sp³-hybridized carbons (Fsp3) is 0.385. The van der Waals surface area contributed by atoms with Crippen molar-refractivity contribution in [3.8, 4) is 0 Å². The largest absolute Gasteiger partial charge is 0.369 e. The van der Waals surface area contributed by atoms with Crippen LogP contribution in [0.5, 0.6) is 0 Å². The molecule has 0 saturated heterocycles. The van der Waals surface area contributed by atoms with Gasteiger partial charge in [-0.15, -0.1) is 5.10 Å². The van der Waals surface area contributed by atoms with Gasteiger partial charge in [-0.25, -0.2) is 4.68 Å². The predicted molar refractivity (Wildman–Crippen MR) is 61.6 cm³/mol. The van der Waals surface area contributed by atoms with Gasteiger partial charge in [-0.2, -0.15) is 0 Å². The quantitative estimate of drug-likeness (QED) is 0.686. The minimum Gasteiger partial charge on any atom is -0.369 e. The average Bonchev–Trinajstić information content (AvgIpc) is 2.90. The van der Waals surface area contributed by atoms with E-state index in [4.69, 9.17) is 4.74 Å². The summed E-state index contributed by atoms with van der Waals surface area (Å²) in [6, 6.07) is 8.75. The van der Waals surface area contributed by atoms with Crippen LogP contribution in [-0.4, -0.2) is 21.1 Å². The third kappa shape index (κ3) is 1.16. The van der Waals surface area contributed by atoms with E-state index in [-0.39, 0.29) is 12.1 Å². The molecule has 0 amide bonds. The van der Waals surface area contributed by atoms with Gasteiger partial charge < -0.3 is 4.74 Å². The van der Waals surface area contributed by atoms with Crippen LogP contribution in [-0.2, 0) is 17.8 Å². The Morgan fingerprint density at radius 3 is 3.18 bits per heavy atom. The van der Waals surface area contributed by atoms with Gasteiger partial charge in [0.05, 0.1) is 24.1 Å². The zero-order valence-corrected chi connectivity index (χ0v) is 9.63. The number of aryl methyl sites for hydroxylation is 1. The number of hydrogen-bond donors (Lipinski definition) is 0. The highest BCUT2D eigenvalue weighted by Gasteiger charge is 2.39. The maximum atomic E-state index is 5.95. The lowest BCUT2D eigenvalue weighted by atomic mass is 10.1. The van der Waals surface area contributed by atoms with Crippen molar-refractivity contribution in [2.45, 2.75) is 32.1 Å². The van der Waals surface area contributed by atoms with E-state index in [9.17, 15) is 0 Å². The molecule has 0 fully saturated rings. The fourth-order valence-corrected chi connectivity index (χ4v) is 2.95. The van der Waals surface area contributed by atoms with Crippen LogP contribution in [0, 0.1) is 6.92 Å². The molecule has 0 spiro atoms. The van der Waals surface area contributed by atoms with Crippen LogP contribution in [0.25, 0.3) is 0 Å². The topological polar surface area (TPSA) is 39.9 Å². The van der Waals surface area contributed by atoms with Crippen LogP contribution in [0.1, 0.15) is 28.6 Å². The molecule has 4 heteroatoms. The Morgan fingerprint density at radius 1 is 1.35 bits per heavy atom. The van der Waals surface area contributed by atoms with Crippen molar-refractivity contribution in [2.75, 3.05) is 0 Å². The second-order valence-corrected chi connectivity index (χ2v) is 4.76. The van der Waals surface area contributed by atoms with Gasteiger partial charge in [-0.05, 0) is 18.1 Å². The van der Waals surface area contributed by atoms with E-state index in [1.54, 1.807) is 0 Å². The monoisotopic (exact) mass is 227 g/mol. The standard InChI is InChI=1S/C13H13N3O/c1-8-11-7-17-12-6-9-4-2-3-5-10(9)13(12)16(11)15-14-8/h2-5,12-13H,6-7H2,1H3/t12-,13-/m1/s1. The predicted octanol–water partition coefficient (Wildman–Crippen LogP) is 1.63. The summed E-state index contributed by atoms with van der Waals surface area (Å²) in [7, 11) is 0. The van der Waals surface area contributed by atoms with Crippen molar-refractivity contribution in [3.05, 3.63) is 46.8 Å². The molecule has 1 aromatic heterocycles. The Labute approximate surface area is 99.2 Å². The molecule has 0 N–H and O–H groups in total. The van der Waals surface area contributed by atoms with Crippen LogP contribution in [0.4, 0.5) is 0 Å². The smallest absolute Gasteiger partial charge is 0.106 e. The molecule has 4 nitrogen and oxygen atoms in total. The maximum absolute atomic E-state index is 5.95. The first-order valence-corrected chi connectivity index (χ1v) is 5.94. The molecule has 1 aliphatic carbocycles. The molecule has 2 aromatic rings. The average molecular weight is 227 g/mol. The van der Waals surface area contributed by atoms with Crippen molar-refractivity contribution in [1.82, 2.24) is 15.0 Å². The first-order valence-electron chi connectivity index (χ1n) is 5.94. The molecule has 1 aliphatic heterocycles. The lowest BCUT2D eigenvalue weighted by molar-refractivity contribution is -0.00730. The van der Waals surface area contributed by atoms with E-state index < -0.39 is 0 Å². The van der Waals surface area contributed by atoms with E-state index in [0.717, 1.165) is 17.8 Å². The number of benzene rings is 1. The molecule has 2 atom stereocenters. The summed E-state index contributed by atoms with van der Waals surface area (Å²) in [5, 5.41) is 8.45. The fourth-order valence-electron chi connectivity index (χ4n) is 2.95. The normalized spacial score (nSPS) is 25.2. The molecule has 2 aliphatic rings. The van der Waals surface area contributed by atoms with Gasteiger partial charge in [0.15, 0.2) is 0 Å². The number of nitrogens with zero attached hydrogens (tertiary/aromatic N) is 3. The van der Waals surface area contributed by atoms with E-state index >= 15 is 0 Å². The third-order valence-electron chi connectivity index (χ3n) is 3.83. The number of rotatable bonds is 0. The summed E-state index contributed by atoms with van der Waals surface area (Å²) in [4.78, 5) is 0. The number of hydrogen-bond acceptors (Lipinski definition) is 3. The zero-order valence-electron chi connectivity index (χ0n) is 9.63. The van der Waals surface area contributed by atoms with Gasteiger partial charge in [0, 0.05) is 6.42 Å². The van der Waals surface area contributed by atoms with Crippen molar-refractivity contribution < 1.29 is 4.74 Å². The summed E-state index contributed by atoms with van der Waals surface area (Å²) < 4.78 is 8.00. The zero-order chi connectivity index (χ0) is 11.4. The Morgan fingerprint density at radius 2 is 2.24 bits per heavy atom. The maximum Gasteiger partial charge on any atom is 0.106 e. The third-order valence-corrected chi connectivity index (χ3v) is 3.83. The van der Waals surface area contributed by atoms with Gasteiger partial charge in [-0.1, -0.05) is 29.5 Å². The minimum absolute atomic E-state index is 0.219. The van der Waals surface area contributed by atoms with Gasteiger partial charge >= 0.3 is 0 Å². The van der Waals surface area contributed by atoms with Crippen molar-refractivity contribution in [1.29, 1.82) is 0 Å². The highest BCUT2D eigenvalue weighted by molar-refractivity contribution is 5.38. The van der Waals surface area contributed by atoms with Gasteiger partial charge in [-0.3, -0.25) is 0 Å². The summed E-state index contributed by atoms with van der Waals surface area (Å²) in [5.74, 6) is 0. The van der Waals surface area contributed by atoms with E-state index in [0.29, 0.717) is 6.61 Å². The molecular weight excluding hydrogens is 214 g/mol.